The molecule has 0 aliphatic carbocycles. The highest BCUT2D eigenvalue weighted by Gasteiger charge is 2.22. The molecule has 0 radical (unpaired) electrons. The fourth-order valence-corrected chi connectivity index (χ4v) is 3.27. The van der Waals surface area contributed by atoms with Crippen LogP contribution in [0.25, 0.3) is 0 Å². The summed E-state index contributed by atoms with van der Waals surface area (Å²) in [5.74, 6) is -0.118. The van der Waals surface area contributed by atoms with Gasteiger partial charge in [-0.05, 0) is 35.4 Å². The number of hydrogen-bond acceptors (Lipinski definition) is 5. The summed E-state index contributed by atoms with van der Waals surface area (Å²) in [5.41, 5.74) is 7.13. The standard InChI is InChI=1S/C21H26FN3O3.ClH/c22-18-3-1-2-17(12-18)20(25-8-10-27-11-9-25)14-24-13-16-4-6-19(7-5-16)28-15-21(23)26;/h1-7,12,20,24H,8-11,13-15H2,(H2,23,26);1H. The number of nitrogens with zero attached hydrogens (tertiary/aromatic N) is 1. The third-order valence-electron chi connectivity index (χ3n) is 4.69. The number of halogens is 2. The Morgan fingerprint density at radius 2 is 1.93 bits per heavy atom. The number of ether oxygens (including phenoxy) is 2. The molecule has 158 valence electrons. The van der Waals surface area contributed by atoms with E-state index in [1.807, 2.05) is 30.3 Å². The number of rotatable bonds is 9. The van der Waals surface area contributed by atoms with Crippen molar-refractivity contribution < 1.29 is 18.7 Å². The van der Waals surface area contributed by atoms with Crippen LogP contribution in [0.4, 0.5) is 4.39 Å². The Hall–Kier alpha value is -2.19. The first kappa shape index (κ1) is 23.1. The molecule has 6 nitrogen and oxygen atoms in total. The van der Waals surface area contributed by atoms with Crippen LogP contribution in [-0.2, 0) is 16.1 Å². The Morgan fingerprint density at radius 1 is 1.21 bits per heavy atom. The minimum absolute atomic E-state index is 0. The molecule has 2 aromatic carbocycles. The second-order valence-electron chi connectivity index (χ2n) is 6.75. The molecule has 0 spiro atoms. The first-order valence-electron chi connectivity index (χ1n) is 9.40. The summed E-state index contributed by atoms with van der Waals surface area (Å²) in [7, 11) is 0. The molecular weight excluding hydrogens is 397 g/mol. The van der Waals surface area contributed by atoms with Gasteiger partial charge in [0.15, 0.2) is 6.61 Å². The number of morpholine rings is 1. The lowest BCUT2D eigenvalue weighted by molar-refractivity contribution is -0.119. The van der Waals surface area contributed by atoms with E-state index in [1.165, 1.54) is 6.07 Å². The van der Waals surface area contributed by atoms with E-state index in [9.17, 15) is 9.18 Å². The molecule has 0 saturated carbocycles. The predicted octanol–water partition coefficient (Wildman–Crippen LogP) is 2.27. The van der Waals surface area contributed by atoms with E-state index in [-0.39, 0.29) is 30.9 Å². The van der Waals surface area contributed by atoms with Gasteiger partial charge in [0.2, 0.25) is 0 Å². The Kier molecular flexibility index (Phi) is 9.34. The van der Waals surface area contributed by atoms with E-state index in [4.69, 9.17) is 15.2 Å². The summed E-state index contributed by atoms with van der Waals surface area (Å²) < 4.78 is 24.4. The number of primary amides is 1. The third kappa shape index (κ3) is 7.29. The summed E-state index contributed by atoms with van der Waals surface area (Å²) in [4.78, 5) is 13.1. The van der Waals surface area contributed by atoms with Crippen molar-refractivity contribution in [1.29, 1.82) is 0 Å². The van der Waals surface area contributed by atoms with Gasteiger partial charge in [-0.3, -0.25) is 9.69 Å². The van der Waals surface area contributed by atoms with Crippen molar-refractivity contribution in [3.05, 3.63) is 65.5 Å². The van der Waals surface area contributed by atoms with Gasteiger partial charge in [0, 0.05) is 32.2 Å². The van der Waals surface area contributed by atoms with Crippen molar-refractivity contribution in [2.45, 2.75) is 12.6 Å². The molecule has 3 rings (SSSR count). The largest absolute Gasteiger partial charge is 0.484 e. The lowest BCUT2D eigenvalue weighted by Crippen LogP contribution is -2.42. The zero-order valence-electron chi connectivity index (χ0n) is 16.2. The van der Waals surface area contributed by atoms with E-state index in [1.54, 1.807) is 12.1 Å². The second-order valence-corrected chi connectivity index (χ2v) is 6.75. The van der Waals surface area contributed by atoms with Crippen molar-refractivity contribution in [1.82, 2.24) is 10.2 Å². The van der Waals surface area contributed by atoms with Crippen LogP contribution in [0.15, 0.2) is 48.5 Å². The van der Waals surface area contributed by atoms with Crippen LogP contribution in [0.2, 0.25) is 0 Å². The van der Waals surface area contributed by atoms with Crippen LogP contribution in [0.5, 0.6) is 5.75 Å². The molecule has 1 atom stereocenters. The van der Waals surface area contributed by atoms with Crippen molar-refractivity contribution in [3.8, 4) is 5.75 Å². The van der Waals surface area contributed by atoms with E-state index in [0.717, 1.165) is 24.2 Å². The highest BCUT2D eigenvalue weighted by Crippen LogP contribution is 2.22. The topological polar surface area (TPSA) is 76.8 Å². The Morgan fingerprint density at radius 3 is 2.59 bits per heavy atom. The van der Waals surface area contributed by atoms with Crippen molar-refractivity contribution in [2.75, 3.05) is 39.5 Å². The van der Waals surface area contributed by atoms with E-state index >= 15 is 0 Å². The van der Waals surface area contributed by atoms with Gasteiger partial charge < -0.3 is 20.5 Å². The average Bonchev–Trinajstić information content (AvgIpc) is 2.71. The van der Waals surface area contributed by atoms with Gasteiger partial charge >= 0.3 is 0 Å². The molecule has 1 amide bonds. The number of hydrogen-bond donors (Lipinski definition) is 2. The number of carbonyl (C=O) groups excluding carboxylic acids is 1. The van der Waals surface area contributed by atoms with Crippen LogP contribution < -0.4 is 15.8 Å². The van der Waals surface area contributed by atoms with Crippen molar-refractivity contribution in [2.24, 2.45) is 5.73 Å². The molecule has 8 heteroatoms. The molecule has 1 unspecified atom stereocenters. The Bertz CT molecular complexity index is 770. The molecule has 29 heavy (non-hydrogen) atoms. The van der Waals surface area contributed by atoms with Gasteiger partial charge in [-0.25, -0.2) is 4.39 Å². The number of nitrogens with two attached hydrogens (primary N) is 1. The molecule has 3 N–H and O–H groups in total. The fourth-order valence-electron chi connectivity index (χ4n) is 3.27. The summed E-state index contributed by atoms with van der Waals surface area (Å²) >= 11 is 0. The first-order valence-corrected chi connectivity index (χ1v) is 9.40. The summed E-state index contributed by atoms with van der Waals surface area (Å²) in [6.07, 6.45) is 0. The number of amides is 1. The third-order valence-corrected chi connectivity index (χ3v) is 4.69. The molecule has 1 aliphatic rings. The van der Waals surface area contributed by atoms with Crippen LogP contribution in [0.1, 0.15) is 17.2 Å². The van der Waals surface area contributed by atoms with E-state index < -0.39 is 5.91 Å². The first-order chi connectivity index (χ1) is 13.6. The SMILES string of the molecule is Cl.NC(=O)COc1ccc(CNCC(c2cccc(F)c2)N2CCOCC2)cc1. The quantitative estimate of drug-likeness (QED) is 0.647. The van der Waals surface area contributed by atoms with E-state index in [0.29, 0.717) is 32.1 Å². The maximum absolute atomic E-state index is 13.7. The normalized spacial score (nSPS) is 15.3. The summed E-state index contributed by atoms with van der Waals surface area (Å²) in [6, 6.07) is 14.4. The lowest BCUT2D eigenvalue weighted by atomic mass is 10.0. The van der Waals surface area contributed by atoms with Crippen molar-refractivity contribution in [3.63, 3.8) is 0 Å². The lowest BCUT2D eigenvalue weighted by Gasteiger charge is -2.35. The van der Waals surface area contributed by atoms with Crippen LogP contribution in [-0.4, -0.2) is 50.3 Å². The van der Waals surface area contributed by atoms with E-state index in [2.05, 4.69) is 10.2 Å². The average molecular weight is 424 g/mol. The number of nitrogens with one attached hydrogen (secondary N) is 1. The molecule has 0 bridgehead atoms. The molecule has 2 aromatic rings. The van der Waals surface area contributed by atoms with Gasteiger partial charge in [-0.15, -0.1) is 12.4 Å². The zero-order chi connectivity index (χ0) is 19.8. The molecule has 1 saturated heterocycles. The molecule has 1 fully saturated rings. The monoisotopic (exact) mass is 423 g/mol. The smallest absolute Gasteiger partial charge is 0.255 e. The van der Waals surface area contributed by atoms with Gasteiger partial charge in [0.1, 0.15) is 11.6 Å². The highest BCUT2D eigenvalue weighted by molar-refractivity contribution is 5.85. The fraction of sp³-hybridized carbons (Fsp3) is 0.381. The Labute approximate surface area is 176 Å². The van der Waals surface area contributed by atoms with Gasteiger partial charge in [-0.1, -0.05) is 24.3 Å². The minimum atomic E-state index is -0.503. The molecule has 0 aromatic heterocycles. The zero-order valence-corrected chi connectivity index (χ0v) is 17.0. The number of benzene rings is 2. The van der Waals surface area contributed by atoms with Crippen molar-refractivity contribution >= 4 is 18.3 Å². The van der Waals surface area contributed by atoms with Crippen LogP contribution in [0.3, 0.4) is 0 Å². The molecule has 1 aliphatic heterocycles. The summed E-state index contributed by atoms with van der Waals surface area (Å²) in [6.45, 7) is 4.28. The molecule has 1 heterocycles. The second kappa shape index (κ2) is 11.7. The van der Waals surface area contributed by atoms with Gasteiger partial charge in [-0.2, -0.15) is 0 Å². The Balaban J connectivity index is 0.00000300. The number of carbonyl (C=O) groups is 1. The maximum Gasteiger partial charge on any atom is 0.255 e. The van der Waals surface area contributed by atoms with Crippen LogP contribution in [0, 0.1) is 5.82 Å². The summed E-state index contributed by atoms with van der Waals surface area (Å²) in [5, 5.41) is 3.47. The van der Waals surface area contributed by atoms with Gasteiger partial charge in [0.05, 0.1) is 13.2 Å². The highest BCUT2D eigenvalue weighted by atomic mass is 35.5. The molecular formula is C21H27ClFN3O3. The van der Waals surface area contributed by atoms with Crippen LogP contribution >= 0.6 is 12.4 Å². The maximum atomic E-state index is 13.7. The minimum Gasteiger partial charge on any atom is -0.484 e. The van der Waals surface area contributed by atoms with Gasteiger partial charge in [0.25, 0.3) is 5.91 Å². The predicted molar refractivity (Wildman–Crippen MR) is 112 cm³/mol.